The minimum Gasteiger partial charge on any atom is -0.341 e. The summed E-state index contributed by atoms with van der Waals surface area (Å²) in [5, 5.41) is 3.45. The highest BCUT2D eigenvalue weighted by Gasteiger charge is 2.26. The van der Waals surface area contributed by atoms with Crippen molar-refractivity contribution in [3.8, 4) is 0 Å². The normalized spacial score (nSPS) is 26.7. The third-order valence-corrected chi connectivity index (χ3v) is 2.97. The summed E-state index contributed by atoms with van der Waals surface area (Å²) < 4.78 is 0. The zero-order chi connectivity index (χ0) is 11.3. The van der Waals surface area contributed by atoms with Gasteiger partial charge in [-0.2, -0.15) is 0 Å². The second-order valence-corrected chi connectivity index (χ2v) is 4.64. The molecule has 0 aromatic heterocycles. The van der Waals surface area contributed by atoms with Gasteiger partial charge >= 0.3 is 0 Å². The summed E-state index contributed by atoms with van der Waals surface area (Å²) in [5.74, 6) is 0.954. The molecule has 0 saturated carbocycles. The summed E-state index contributed by atoms with van der Waals surface area (Å²) in [6.07, 6.45) is 2.85. The van der Waals surface area contributed by atoms with E-state index < -0.39 is 0 Å². The lowest BCUT2D eigenvalue weighted by molar-refractivity contribution is -0.133. The summed E-state index contributed by atoms with van der Waals surface area (Å²) >= 11 is 0. The van der Waals surface area contributed by atoms with E-state index in [9.17, 15) is 4.79 Å². The van der Waals surface area contributed by atoms with Crippen molar-refractivity contribution >= 4 is 5.91 Å². The maximum atomic E-state index is 11.8. The van der Waals surface area contributed by atoms with E-state index in [1.807, 2.05) is 4.90 Å². The van der Waals surface area contributed by atoms with Crippen LogP contribution in [0.1, 0.15) is 40.0 Å². The van der Waals surface area contributed by atoms with Gasteiger partial charge in [0.1, 0.15) is 0 Å². The molecule has 0 spiro atoms. The molecule has 0 radical (unpaired) electrons. The average molecular weight is 212 g/mol. The first-order valence-corrected chi connectivity index (χ1v) is 6.18. The third-order valence-electron chi connectivity index (χ3n) is 2.97. The van der Waals surface area contributed by atoms with Crippen LogP contribution in [0.15, 0.2) is 0 Å². The SMILES string of the molecule is CCCC(=O)N1CC(C)CC(NCC)C1. The quantitative estimate of drug-likeness (QED) is 0.768. The highest BCUT2D eigenvalue weighted by atomic mass is 16.2. The Labute approximate surface area is 93.2 Å². The Bertz CT molecular complexity index is 206. The molecule has 1 heterocycles. The lowest BCUT2D eigenvalue weighted by Crippen LogP contribution is -2.50. The van der Waals surface area contributed by atoms with Gasteiger partial charge in [0.05, 0.1) is 0 Å². The monoisotopic (exact) mass is 212 g/mol. The van der Waals surface area contributed by atoms with Crippen molar-refractivity contribution in [2.75, 3.05) is 19.6 Å². The van der Waals surface area contributed by atoms with Crippen LogP contribution in [0.4, 0.5) is 0 Å². The third kappa shape index (κ3) is 3.82. The van der Waals surface area contributed by atoms with Crippen LogP contribution >= 0.6 is 0 Å². The van der Waals surface area contributed by atoms with E-state index in [1.54, 1.807) is 0 Å². The van der Waals surface area contributed by atoms with Gasteiger partial charge in [-0.05, 0) is 25.3 Å². The van der Waals surface area contributed by atoms with E-state index >= 15 is 0 Å². The number of hydrogen-bond acceptors (Lipinski definition) is 2. The number of piperidine rings is 1. The van der Waals surface area contributed by atoms with Gasteiger partial charge in [0.15, 0.2) is 0 Å². The van der Waals surface area contributed by atoms with Crippen molar-refractivity contribution in [2.45, 2.75) is 46.1 Å². The van der Waals surface area contributed by atoms with Crippen molar-refractivity contribution in [3.63, 3.8) is 0 Å². The largest absolute Gasteiger partial charge is 0.341 e. The van der Waals surface area contributed by atoms with Crippen molar-refractivity contribution in [3.05, 3.63) is 0 Å². The van der Waals surface area contributed by atoms with Gasteiger partial charge in [0.2, 0.25) is 5.91 Å². The summed E-state index contributed by atoms with van der Waals surface area (Å²) in [6, 6.07) is 0.500. The number of nitrogens with zero attached hydrogens (tertiary/aromatic N) is 1. The van der Waals surface area contributed by atoms with Crippen LogP contribution in [0.25, 0.3) is 0 Å². The van der Waals surface area contributed by atoms with E-state index in [0.29, 0.717) is 24.3 Å². The van der Waals surface area contributed by atoms with Gasteiger partial charge in [0, 0.05) is 25.6 Å². The second-order valence-electron chi connectivity index (χ2n) is 4.64. The topological polar surface area (TPSA) is 32.3 Å². The van der Waals surface area contributed by atoms with Crippen LogP contribution in [-0.2, 0) is 4.79 Å². The summed E-state index contributed by atoms with van der Waals surface area (Å²) in [6.45, 7) is 9.26. The number of likely N-dealkylation sites (N-methyl/N-ethyl adjacent to an activating group) is 1. The van der Waals surface area contributed by atoms with Crippen LogP contribution in [0, 0.1) is 5.92 Å². The molecule has 1 aliphatic heterocycles. The number of nitrogens with one attached hydrogen (secondary N) is 1. The number of carbonyl (C=O) groups excluding carboxylic acids is 1. The fraction of sp³-hybridized carbons (Fsp3) is 0.917. The van der Waals surface area contributed by atoms with Crippen molar-refractivity contribution in [2.24, 2.45) is 5.92 Å². The smallest absolute Gasteiger partial charge is 0.222 e. The predicted octanol–water partition coefficient (Wildman–Crippen LogP) is 1.63. The van der Waals surface area contributed by atoms with Crippen LogP contribution in [0.2, 0.25) is 0 Å². The molecule has 3 nitrogen and oxygen atoms in total. The molecule has 2 atom stereocenters. The number of likely N-dealkylation sites (tertiary alicyclic amines) is 1. The van der Waals surface area contributed by atoms with Crippen LogP contribution in [0.5, 0.6) is 0 Å². The molecule has 1 rings (SSSR count). The maximum Gasteiger partial charge on any atom is 0.222 e. The molecular formula is C12H24N2O. The maximum absolute atomic E-state index is 11.8. The number of hydrogen-bond donors (Lipinski definition) is 1. The average Bonchev–Trinajstić information content (AvgIpc) is 2.17. The standard InChI is InChI=1S/C12H24N2O/c1-4-6-12(15)14-8-10(3)7-11(9-14)13-5-2/h10-11,13H,4-9H2,1-3H3. The lowest BCUT2D eigenvalue weighted by atomic mass is 9.95. The van der Waals surface area contributed by atoms with Crippen LogP contribution in [-0.4, -0.2) is 36.5 Å². The number of carbonyl (C=O) groups is 1. The van der Waals surface area contributed by atoms with Crippen LogP contribution in [0.3, 0.4) is 0 Å². The first-order chi connectivity index (χ1) is 7.17. The number of rotatable bonds is 4. The molecule has 1 saturated heterocycles. The Balaban J connectivity index is 2.47. The molecule has 2 unspecified atom stereocenters. The summed E-state index contributed by atoms with van der Waals surface area (Å²) in [4.78, 5) is 13.8. The van der Waals surface area contributed by atoms with E-state index in [2.05, 4.69) is 26.1 Å². The first kappa shape index (κ1) is 12.5. The minimum atomic E-state index is 0.326. The Hall–Kier alpha value is -0.570. The zero-order valence-electron chi connectivity index (χ0n) is 10.3. The fourth-order valence-electron chi connectivity index (χ4n) is 2.36. The Kier molecular flexibility index (Phi) is 5.09. The molecule has 88 valence electrons. The van der Waals surface area contributed by atoms with E-state index in [1.165, 1.54) is 6.42 Å². The summed E-state index contributed by atoms with van der Waals surface area (Å²) in [7, 11) is 0. The van der Waals surface area contributed by atoms with Gasteiger partial charge in [-0.1, -0.05) is 20.8 Å². The molecule has 1 N–H and O–H groups in total. The molecule has 0 bridgehead atoms. The Morgan fingerprint density at radius 2 is 2.13 bits per heavy atom. The van der Waals surface area contributed by atoms with Gasteiger partial charge in [0.25, 0.3) is 0 Å². The van der Waals surface area contributed by atoms with Crippen LogP contribution < -0.4 is 5.32 Å². The molecule has 0 aromatic rings. The molecule has 1 fully saturated rings. The van der Waals surface area contributed by atoms with E-state index in [-0.39, 0.29) is 0 Å². The fourth-order valence-corrected chi connectivity index (χ4v) is 2.36. The van der Waals surface area contributed by atoms with Crippen molar-refractivity contribution < 1.29 is 4.79 Å². The van der Waals surface area contributed by atoms with Gasteiger partial charge in [-0.15, -0.1) is 0 Å². The Morgan fingerprint density at radius 3 is 2.73 bits per heavy atom. The molecule has 0 aromatic carbocycles. The van der Waals surface area contributed by atoms with Gasteiger partial charge in [-0.3, -0.25) is 4.79 Å². The zero-order valence-corrected chi connectivity index (χ0v) is 10.3. The van der Waals surface area contributed by atoms with Crippen molar-refractivity contribution in [1.82, 2.24) is 10.2 Å². The molecular weight excluding hydrogens is 188 g/mol. The van der Waals surface area contributed by atoms with E-state index in [4.69, 9.17) is 0 Å². The highest BCUT2D eigenvalue weighted by Crippen LogP contribution is 2.17. The Morgan fingerprint density at radius 1 is 1.40 bits per heavy atom. The molecule has 1 aliphatic rings. The van der Waals surface area contributed by atoms with E-state index in [0.717, 1.165) is 26.1 Å². The molecule has 1 amide bonds. The minimum absolute atomic E-state index is 0.326. The highest BCUT2D eigenvalue weighted by molar-refractivity contribution is 5.76. The molecule has 0 aliphatic carbocycles. The summed E-state index contributed by atoms with van der Waals surface area (Å²) in [5.41, 5.74) is 0. The predicted molar refractivity (Wildman–Crippen MR) is 62.7 cm³/mol. The van der Waals surface area contributed by atoms with Gasteiger partial charge < -0.3 is 10.2 Å². The molecule has 15 heavy (non-hydrogen) atoms. The molecule has 3 heteroatoms. The van der Waals surface area contributed by atoms with Crippen molar-refractivity contribution in [1.29, 1.82) is 0 Å². The first-order valence-electron chi connectivity index (χ1n) is 6.18. The number of amides is 1. The second kappa shape index (κ2) is 6.11. The lowest BCUT2D eigenvalue weighted by Gasteiger charge is -2.37. The van der Waals surface area contributed by atoms with Gasteiger partial charge in [-0.25, -0.2) is 0 Å².